The van der Waals surface area contributed by atoms with Gasteiger partial charge in [0.1, 0.15) is 0 Å². The Labute approximate surface area is 117 Å². The van der Waals surface area contributed by atoms with Crippen LogP contribution < -0.4 is 0 Å². The third kappa shape index (κ3) is 2.11. The van der Waals surface area contributed by atoms with Crippen LogP contribution in [0.25, 0.3) is 0 Å². The van der Waals surface area contributed by atoms with E-state index in [1.807, 2.05) is 35.0 Å². The first-order valence-corrected chi connectivity index (χ1v) is 7.09. The summed E-state index contributed by atoms with van der Waals surface area (Å²) in [4.78, 5) is 5.24. The van der Waals surface area contributed by atoms with Crippen LogP contribution in [0.2, 0.25) is 0 Å². The number of hydrogen-bond acceptors (Lipinski definition) is 3. The fourth-order valence-corrected chi connectivity index (χ4v) is 4.16. The zero-order valence-electron chi connectivity index (χ0n) is 10.6. The van der Waals surface area contributed by atoms with Crippen LogP contribution >= 0.6 is 11.8 Å². The average Bonchev–Trinajstić information content (AvgIpc) is 2.99. The largest absolute Gasteiger partial charge is 0.387 e. The summed E-state index contributed by atoms with van der Waals surface area (Å²) in [7, 11) is 0. The molecule has 0 saturated carbocycles. The van der Waals surface area contributed by atoms with E-state index in [1.54, 1.807) is 24.3 Å². The van der Waals surface area contributed by atoms with Crippen molar-refractivity contribution in [3.8, 4) is 0 Å². The fourth-order valence-electron chi connectivity index (χ4n) is 2.63. The molecule has 3 nitrogen and oxygen atoms in total. The molecule has 3 rings (SSSR count). The molecule has 2 aromatic rings. The first-order valence-electron chi connectivity index (χ1n) is 6.28. The van der Waals surface area contributed by atoms with E-state index in [0.717, 1.165) is 23.4 Å². The maximum Gasteiger partial charge on any atom is 0.0971 e. The van der Waals surface area contributed by atoms with Crippen molar-refractivity contribution in [2.75, 3.05) is 0 Å². The van der Waals surface area contributed by atoms with Crippen LogP contribution in [-0.2, 0) is 6.54 Å². The number of allylic oxidation sites excluding steroid dienone is 1. The summed E-state index contributed by atoms with van der Waals surface area (Å²) in [6, 6.07) is 8.07. The minimum Gasteiger partial charge on any atom is -0.387 e. The molecule has 1 aromatic carbocycles. The molecule has 0 amide bonds. The second kappa shape index (κ2) is 4.87. The number of rotatable bonds is 4. The predicted molar refractivity (Wildman–Crippen MR) is 77.0 cm³/mol. The van der Waals surface area contributed by atoms with Gasteiger partial charge >= 0.3 is 0 Å². The van der Waals surface area contributed by atoms with Crippen LogP contribution in [0.3, 0.4) is 0 Å². The molecule has 1 aromatic heterocycles. The molecule has 0 fully saturated rings. The maximum absolute atomic E-state index is 10.7. The lowest BCUT2D eigenvalue weighted by Gasteiger charge is -2.31. The van der Waals surface area contributed by atoms with Gasteiger partial charge < -0.3 is 9.67 Å². The quantitative estimate of drug-likeness (QED) is 0.869. The second-order valence-corrected chi connectivity index (χ2v) is 6.29. The van der Waals surface area contributed by atoms with E-state index in [4.69, 9.17) is 0 Å². The van der Waals surface area contributed by atoms with Gasteiger partial charge in [0.15, 0.2) is 0 Å². The minimum absolute atomic E-state index is 0.286. The van der Waals surface area contributed by atoms with Crippen LogP contribution in [0.15, 0.2) is 60.5 Å². The van der Waals surface area contributed by atoms with Gasteiger partial charge in [0.25, 0.3) is 0 Å². The van der Waals surface area contributed by atoms with E-state index in [0.29, 0.717) is 0 Å². The topological polar surface area (TPSA) is 38.0 Å². The molecule has 1 aliphatic heterocycles. The molecule has 98 valence electrons. The van der Waals surface area contributed by atoms with Crippen LogP contribution in [0.1, 0.15) is 18.1 Å². The lowest BCUT2D eigenvalue weighted by molar-refractivity contribution is 0.123. The van der Waals surface area contributed by atoms with Crippen molar-refractivity contribution in [2.45, 2.75) is 28.7 Å². The van der Waals surface area contributed by atoms with Crippen molar-refractivity contribution in [1.82, 2.24) is 9.55 Å². The van der Waals surface area contributed by atoms with Crippen molar-refractivity contribution < 1.29 is 5.11 Å². The molecule has 0 aliphatic carbocycles. The van der Waals surface area contributed by atoms with E-state index in [9.17, 15) is 5.11 Å². The Bertz CT molecular complexity index is 578. The van der Waals surface area contributed by atoms with Crippen LogP contribution in [0.4, 0.5) is 0 Å². The summed E-state index contributed by atoms with van der Waals surface area (Å²) in [6.45, 7) is 4.57. The van der Waals surface area contributed by atoms with Gasteiger partial charge in [0.2, 0.25) is 0 Å². The maximum atomic E-state index is 10.7. The molecule has 0 spiro atoms. The average molecular weight is 272 g/mol. The highest BCUT2D eigenvalue weighted by atomic mass is 32.2. The SMILES string of the molecule is C=CC[C@]1(Cn2ccnc2)Sc2ccccc2[C@@H]1O. The Morgan fingerprint density at radius 3 is 3.00 bits per heavy atom. The predicted octanol–water partition coefficient (Wildman–Crippen LogP) is 3.04. The van der Waals surface area contributed by atoms with Crippen LogP contribution in [0.5, 0.6) is 0 Å². The highest BCUT2D eigenvalue weighted by Crippen LogP contribution is 2.54. The van der Waals surface area contributed by atoms with E-state index in [1.165, 1.54) is 0 Å². The highest BCUT2D eigenvalue weighted by Gasteiger charge is 2.45. The summed E-state index contributed by atoms with van der Waals surface area (Å²) in [5.41, 5.74) is 1.02. The van der Waals surface area contributed by atoms with E-state index in [2.05, 4.69) is 17.6 Å². The van der Waals surface area contributed by atoms with Crippen molar-refractivity contribution in [2.24, 2.45) is 0 Å². The Hall–Kier alpha value is -1.52. The third-order valence-corrected chi connectivity index (χ3v) is 5.04. The highest BCUT2D eigenvalue weighted by molar-refractivity contribution is 8.01. The summed E-state index contributed by atoms with van der Waals surface area (Å²) in [5, 5.41) is 10.7. The summed E-state index contributed by atoms with van der Waals surface area (Å²) < 4.78 is 1.73. The lowest BCUT2D eigenvalue weighted by atomic mass is 9.92. The lowest BCUT2D eigenvalue weighted by Crippen LogP contribution is -2.33. The molecule has 4 heteroatoms. The normalized spacial score (nSPS) is 25.2. The summed E-state index contributed by atoms with van der Waals surface area (Å²) in [5.74, 6) is 0. The van der Waals surface area contributed by atoms with Gasteiger partial charge in [-0.2, -0.15) is 0 Å². The van der Waals surface area contributed by atoms with Crippen molar-refractivity contribution in [3.63, 3.8) is 0 Å². The zero-order chi connectivity index (χ0) is 13.3. The third-order valence-electron chi connectivity index (χ3n) is 3.52. The molecule has 0 radical (unpaired) electrons. The van der Waals surface area contributed by atoms with Crippen molar-refractivity contribution >= 4 is 11.8 Å². The first kappa shape index (κ1) is 12.5. The number of nitrogens with zero attached hydrogens (tertiary/aromatic N) is 2. The van der Waals surface area contributed by atoms with E-state index in [-0.39, 0.29) is 4.75 Å². The Morgan fingerprint density at radius 1 is 1.47 bits per heavy atom. The van der Waals surface area contributed by atoms with E-state index < -0.39 is 6.10 Å². The molecule has 0 bridgehead atoms. The smallest absolute Gasteiger partial charge is 0.0971 e. The van der Waals surface area contributed by atoms with Gasteiger partial charge in [-0.15, -0.1) is 18.3 Å². The van der Waals surface area contributed by atoms with Gasteiger partial charge in [-0.25, -0.2) is 4.98 Å². The van der Waals surface area contributed by atoms with Gasteiger partial charge in [-0.05, 0) is 18.1 Å². The molecule has 0 saturated heterocycles. The summed E-state index contributed by atoms with van der Waals surface area (Å²) >= 11 is 1.74. The van der Waals surface area contributed by atoms with E-state index >= 15 is 0 Å². The summed E-state index contributed by atoms with van der Waals surface area (Å²) in [6.07, 6.45) is 7.65. The van der Waals surface area contributed by atoms with Gasteiger partial charge in [-0.1, -0.05) is 24.3 Å². The standard InChI is InChI=1S/C15H16N2OS/c1-2-7-15(10-17-9-8-16-11-17)14(18)12-5-3-4-6-13(12)19-15/h2-6,8-9,11,14,18H,1,7,10H2/t14-,15+/m0/s1. The van der Waals surface area contributed by atoms with Gasteiger partial charge in [0, 0.05) is 23.8 Å². The molecular formula is C15H16N2OS. The molecule has 0 unspecified atom stereocenters. The van der Waals surface area contributed by atoms with Gasteiger partial charge in [0.05, 0.1) is 17.2 Å². The number of aromatic nitrogens is 2. The molecule has 1 aliphatic rings. The molecule has 2 heterocycles. The van der Waals surface area contributed by atoms with Crippen LogP contribution in [-0.4, -0.2) is 19.4 Å². The Balaban J connectivity index is 1.97. The number of hydrogen-bond donors (Lipinski definition) is 1. The number of fused-ring (bicyclic) bond motifs is 1. The first-order chi connectivity index (χ1) is 9.25. The Morgan fingerprint density at radius 2 is 2.32 bits per heavy atom. The molecule has 1 N–H and O–H groups in total. The van der Waals surface area contributed by atoms with Crippen molar-refractivity contribution in [3.05, 3.63) is 61.2 Å². The number of imidazole rings is 1. The molecule has 19 heavy (non-hydrogen) atoms. The second-order valence-electron chi connectivity index (χ2n) is 4.84. The van der Waals surface area contributed by atoms with Gasteiger partial charge in [-0.3, -0.25) is 0 Å². The number of benzene rings is 1. The monoisotopic (exact) mass is 272 g/mol. The zero-order valence-corrected chi connectivity index (χ0v) is 11.4. The van der Waals surface area contributed by atoms with Crippen molar-refractivity contribution in [1.29, 1.82) is 0 Å². The fraction of sp³-hybridized carbons (Fsp3) is 0.267. The molecular weight excluding hydrogens is 256 g/mol. The number of thioether (sulfide) groups is 1. The number of aliphatic hydroxyl groups is 1. The molecule has 2 atom stereocenters. The van der Waals surface area contributed by atoms with Crippen LogP contribution in [0, 0.1) is 0 Å². The minimum atomic E-state index is -0.478. The Kier molecular flexibility index (Phi) is 3.21. The number of aliphatic hydroxyl groups excluding tert-OH is 1.